The van der Waals surface area contributed by atoms with E-state index >= 15 is 0 Å². The first-order chi connectivity index (χ1) is 9.63. The molecule has 0 spiro atoms. The van der Waals surface area contributed by atoms with Gasteiger partial charge < -0.3 is 5.11 Å². The van der Waals surface area contributed by atoms with Gasteiger partial charge in [-0.05, 0) is 30.9 Å². The summed E-state index contributed by atoms with van der Waals surface area (Å²) in [6.45, 7) is 0. The number of carboxylic acid groups (broad SMARTS) is 1. The Labute approximate surface area is 127 Å². The molecule has 3 unspecified atom stereocenters. The lowest BCUT2D eigenvalue weighted by molar-refractivity contribution is -0.142. The van der Waals surface area contributed by atoms with E-state index in [9.17, 15) is 4.79 Å². The number of hydrogen-bond acceptors (Lipinski definition) is 3. The first-order valence-corrected chi connectivity index (χ1v) is 8.09. The summed E-state index contributed by atoms with van der Waals surface area (Å²) in [6, 6.07) is 8.12. The van der Waals surface area contributed by atoms with Gasteiger partial charge in [0.15, 0.2) is 0 Å². The van der Waals surface area contributed by atoms with Crippen LogP contribution in [0.4, 0.5) is 0 Å². The van der Waals surface area contributed by atoms with E-state index in [1.165, 1.54) is 0 Å². The standard InChI is InChI=1S/C15H16ClNO2S/c16-11-4-2-1-3-9(11)8-14-17-12-6-5-10(15(18)19)7-13(12)20-14/h1-4,10,12-13H,5-8H2,(H,18,19). The summed E-state index contributed by atoms with van der Waals surface area (Å²) in [4.78, 5) is 15.9. The normalized spacial score (nSPS) is 28.9. The second-order valence-corrected chi connectivity index (χ2v) is 7.08. The van der Waals surface area contributed by atoms with Crippen LogP contribution in [0.1, 0.15) is 24.8 Å². The fourth-order valence-electron chi connectivity index (χ4n) is 2.89. The molecule has 2 aliphatic rings. The van der Waals surface area contributed by atoms with Gasteiger partial charge >= 0.3 is 5.97 Å². The SMILES string of the molecule is O=C(O)C1CCC2N=C(Cc3ccccc3Cl)SC2C1. The van der Waals surface area contributed by atoms with E-state index in [4.69, 9.17) is 21.7 Å². The summed E-state index contributed by atoms with van der Waals surface area (Å²) in [5.41, 5.74) is 1.09. The summed E-state index contributed by atoms with van der Waals surface area (Å²) in [5, 5.41) is 11.3. The number of benzene rings is 1. The lowest BCUT2D eigenvalue weighted by atomic mass is 9.86. The first-order valence-electron chi connectivity index (χ1n) is 6.83. The second-order valence-electron chi connectivity index (χ2n) is 5.36. The monoisotopic (exact) mass is 309 g/mol. The minimum Gasteiger partial charge on any atom is -0.481 e. The fourth-order valence-corrected chi connectivity index (χ4v) is 4.56. The molecule has 1 aliphatic carbocycles. The number of hydrogen-bond donors (Lipinski definition) is 1. The molecule has 3 atom stereocenters. The van der Waals surface area contributed by atoms with Gasteiger partial charge in [-0.3, -0.25) is 9.79 Å². The van der Waals surface area contributed by atoms with Gasteiger partial charge in [-0.2, -0.15) is 0 Å². The number of carbonyl (C=O) groups is 1. The Balaban J connectivity index is 1.67. The van der Waals surface area contributed by atoms with E-state index in [2.05, 4.69) is 0 Å². The van der Waals surface area contributed by atoms with E-state index in [0.717, 1.165) is 41.3 Å². The summed E-state index contributed by atoms with van der Waals surface area (Å²) >= 11 is 7.93. The molecule has 1 saturated carbocycles. The summed E-state index contributed by atoms with van der Waals surface area (Å²) < 4.78 is 0. The van der Waals surface area contributed by atoms with Crippen LogP contribution < -0.4 is 0 Å². The first kappa shape index (κ1) is 14.0. The van der Waals surface area contributed by atoms with Crippen molar-refractivity contribution in [1.82, 2.24) is 0 Å². The van der Waals surface area contributed by atoms with Gasteiger partial charge in [0.25, 0.3) is 0 Å². The Kier molecular flexibility index (Phi) is 4.03. The Morgan fingerprint density at radius 3 is 2.95 bits per heavy atom. The Hall–Kier alpha value is -1.000. The van der Waals surface area contributed by atoms with Crippen LogP contribution in [0.25, 0.3) is 0 Å². The number of carboxylic acids is 1. The molecule has 0 radical (unpaired) electrons. The van der Waals surface area contributed by atoms with Crippen molar-refractivity contribution in [1.29, 1.82) is 0 Å². The van der Waals surface area contributed by atoms with Crippen LogP contribution >= 0.6 is 23.4 Å². The molecule has 106 valence electrons. The Morgan fingerprint density at radius 1 is 1.40 bits per heavy atom. The lowest BCUT2D eigenvalue weighted by Crippen LogP contribution is -2.31. The maximum absolute atomic E-state index is 11.1. The van der Waals surface area contributed by atoms with Gasteiger partial charge in [-0.1, -0.05) is 29.8 Å². The molecule has 1 fully saturated rings. The largest absolute Gasteiger partial charge is 0.481 e. The van der Waals surface area contributed by atoms with Gasteiger partial charge in [-0.15, -0.1) is 11.8 Å². The van der Waals surface area contributed by atoms with Crippen LogP contribution in [0.2, 0.25) is 5.02 Å². The molecule has 0 aromatic heterocycles. The van der Waals surface area contributed by atoms with Gasteiger partial charge in [0.05, 0.1) is 17.0 Å². The highest BCUT2D eigenvalue weighted by Gasteiger charge is 2.38. The van der Waals surface area contributed by atoms with Crippen molar-refractivity contribution in [2.24, 2.45) is 10.9 Å². The lowest BCUT2D eigenvalue weighted by Gasteiger charge is -2.27. The van der Waals surface area contributed by atoms with Crippen LogP contribution in [-0.2, 0) is 11.2 Å². The molecule has 3 nitrogen and oxygen atoms in total. The van der Waals surface area contributed by atoms with Crippen molar-refractivity contribution < 1.29 is 9.90 Å². The number of halogens is 1. The van der Waals surface area contributed by atoms with Gasteiger partial charge in [0.2, 0.25) is 0 Å². The predicted octanol–water partition coefficient (Wildman–Crippen LogP) is 3.65. The molecule has 3 rings (SSSR count). The van der Waals surface area contributed by atoms with Crippen LogP contribution in [-0.4, -0.2) is 27.4 Å². The van der Waals surface area contributed by atoms with Crippen molar-refractivity contribution in [3.63, 3.8) is 0 Å². The number of rotatable bonds is 3. The van der Waals surface area contributed by atoms with Crippen LogP contribution in [0, 0.1) is 5.92 Å². The highest BCUT2D eigenvalue weighted by atomic mass is 35.5. The Morgan fingerprint density at radius 2 is 2.20 bits per heavy atom. The average Bonchev–Trinajstić information content (AvgIpc) is 2.82. The predicted molar refractivity (Wildman–Crippen MR) is 82.7 cm³/mol. The van der Waals surface area contributed by atoms with Crippen LogP contribution in [0.15, 0.2) is 29.3 Å². The number of nitrogens with zero attached hydrogens (tertiary/aromatic N) is 1. The average molecular weight is 310 g/mol. The molecule has 1 aromatic rings. The van der Waals surface area contributed by atoms with Crippen LogP contribution in [0.3, 0.4) is 0 Å². The maximum atomic E-state index is 11.1. The van der Waals surface area contributed by atoms with E-state index in [1.54, 1.807) is 11.8 Å². The quantitative estimate of drug-likeness (QED) is 0.927. The topological polar surface area (TPSA) is 49.7 Å². The molecule has 5 heteroatoms. The third-order valence-corrected chi connectivity index (χ3v) is 5.70. The summed E-state index contributed by atoms with van der Waals surface area (Å²) in [6.07, 6.45) is 3.13. The zero-order chi connectivity index (χ0) is 14.1. The van der Waals surface area contributed by atoms with Crippen molar-refractivity contribution in [2.75, 3.05) is 0 Å². The molecule has 0 bridgehead atoms. The summed E-state index contributed by atoms with van der Waals surface area (Å²) in [5.74, 6) is -0.859. The second kappa shape index (κ2) is 5.78. The fraction of sp³-hybridized carbons (Fsp3) is 0.467. The molecular formula is C15H16ClNO2S. The van der Waals surface area contributed by atoms with E-state index in [0.29, 0.717) is 11.3 Å². The minimum atomic E-state index is -0.663. The molecular weight excluding hydrogens is 294 g/mol. The minimum absolute atomic E-state index is 0.196. The van der Waals surface area contributed by atoms with Crippen molar-refractivity contribution in [3.8, 4) is 0 Å². The Bertz CT molecular complexity index is 561. The molecule has 0 saturated heterocycles. The van der Waals surface area contributed by atoms with E-state index in [-0.39, 0.29) is 5.92 Å². The number of aliphatic imine (C=N–C) groups is 1. The van der Waals surface area contributed by atoms with Crippen molar-refractivity contribution in [3.05, 3.63) is 34.9 Å². The van der Waals surface area contributed by atoms with Crippen molar-refractivity contribution in [2.45, 2.75) is 37.0 Å². The highest BCUT2D eigenvalue weighted by Crippen LogP contribution is 2.40. The maximum Gasteiger partial charge on any atom is 0.306 e. The van der Waals surface area contributed by atoms with Gasteiger partial charge in [-0.25, -0.2) is 0 Å². The zero-order valence-electron chi connectivity index (χ0n) is 11.0. The van der Waals surface area contributed by atoms with E-state index < -0.39 is 5.97 Å². The molecule has 20 heavy (non-hydrogen) atoms. The number of aliphatic carboxylic acids is 1. The van der Waals surface area contributed by atoms with Crippen molar-refractivity contribution >= 4 is 34.4 Å². The number of fused-ring (bicyclic) bond motifs is 1. The molecule has 1 aromatic carbocycles. The van der Waals surface area contributed by atoms with Crippen LogP contribution in [0.5, 0.6) is 0 Å². The van der Waals surface area contributed by atoms with Gasteiger partial charge in [0, 0.05) is 16.7 Å². The third-order valence-electron chi connectivity index (χ3n) is 4.00. The molecule has 0 amide bonds. The molecule has 1 N–H and O–H groups in total. The van der Waals surface area contributed by atoms with E-state index in [1.807, 2.05) is 24.3 Å². The smallest absolute Gasteiger partial charge is 0.306 e. The number of thioether (sulfide) groups is 1. The zero-order valence-corrected chi connectivity index (χ0v) is 12.5. The molecule has 1 aliphatic heterocycles. The summed E-state index contributed by atoms with van der Waals surface area (Å²) in [7, 11) is 0. The third kappa shape index (κ3) is 2.86. The molecule has 1 heterocycles. The van der Waals surface area contributed by atoms with Gasteiger partial charge in [0.1, 0.15) is 0 Å². The highest BCUT2D eigenvalue weighted by molar-refractivity contribution is 8.14.